The Balaban J connectivity index is 1.37. The van der Waals surface area contributed by atoms with Crippen molar-refractivity contribution in [3.05, 3.63) is 39.1 Å². The smallest absolute Gasteiger partial charge is 0.404 e. The van der Waals surface area contributed by atoms with Gasteiger partial charge in [-0.1, -0.05) is 22.0 Å². The Hall–Kier alpha value is -1.99. The Morgan fingerprint density at radius 2 is 1.92 bits per heavy atom. The van der Waals surface area contributed by atoms with Crippen LogP contribution < -0.4 is 20.9 Å². The fraction of sp³-hybridized carbons (Fsp3) is 0.600. The van der Waals surface area contributed by atoms with E-state index in [1.807, 2.05) is 32.0 Å². The highest BCUT2D eigenvalue weighted by Gasteiger charge is 2.41. The quantitative estimate of drug-likeness (QED) is 0.401. The summed E-state index contributed by atoms with van der Waals surface area (Å²) >= 11 is 3.53. The summed E-state index contributed by atoms with van der Waals surface area (Å²) in [5.41, 5.74) is 0.406. The van der Waals surface area contributed by atoms with Crippen molar-refractivity contribution in [2.24, 2.45) is 0 Å². The molecule has 1 amide bonds. The number of carbonyl (C=O) groups excluding carboxylic acids is 1. The largest absolute Gasteiger partial charge is 0.413 e. The van der Waals surface area contributed by atoms with Gasteiger partial charge in [-0.2, -0.15) is 0 Å². The zero-order valence-electron chi connectivity index (χ0n) is 21.3. The van der Waals surface area contributed by atoms with Crippen LogP contribution >= 0.6 is 15.9 Å². The molecule has 3 heterocycles. The van der Waals surface area contributed by atoms with E-state index in [0.717, 1.165) is 34.5 Å². The van der Waals surface area contributed by atoms with Crippen LogP contribution in [0.5, 0.6) is 5.75 Å². The van der Waals surface area contributed by atoms with Crippen LogP contribution in [0.25, 0.3) is 10.9 Å². The molecule has 12 heteroatoms. The predicted molar refractivity (Wildman–Crippen MR) is 146 cm³/mol. The Morgan fingerprint density at radius 3 is 2.54 bits per heavy atom. The van der Waals surface area contributed by atoms with Crippen molar-refractivity contribution in [1.82, 2.24) is 20.1 Å². The Labute approximate surface area is 225 Å². The van der Waals surface area contributed by atoms with Crippen molar-refractivity contribution < 1.29 is 23.1 Å². The first kappa shape index (κ1) is 28.0. The molecular weight excluding hydrogens is 564 g/mol. The van der Waals surface area contributed by atoms with E-state index in [9.17, 15) is 23.1 Å². The van der Waals surface area contributed by atoms with Crippen LogP contribution in [0.2, 0.25) is 0 Å². The number of carbonyl (C=O) groups is 1. The lowest BCUT2D eigenvalue weighted by Crippen LogP contribution is -2.53. The SMILES string of the molecule is CC(C)n1c(=O)c(OC(=O)N[C@@H]2C[C@H]3CC[C@@H](C2)N3C[C@H](O)CNCS(C)(=O)=O)cc2c(Br)cccc21. The molecule has 0 radical (unpaired) electrons. The third-order valence-corrected chi connectivity index (χ3v) is 8.51. The third kappa shape index (κ3) is 6.72. The molecule has 3 N–H and O–H groups in total. The van der Waals surface area contributed by atoms with Gasteiger partial charge in [0.1, 0.15) is 0 Å². The molecule has 1 aromatic heterocycles. The van der Waals surface area contributed by atoms with E-state index < -0.39 is 22.0 Å². The van der Waals surface area contributed by atoms with Gasteiger partial charge in [-0.3, -0.25) is 9.69 Å². The van der Waals surface area contributed by atoms with E-state index in [1.54, 1.807) is 10.6 Å². The summed E-state index contributed by atoms with van der Waals surface area (Å²) in [4.78, 5) is 28.2. The number of aliphatic hydroxyl groups excluding tert-OH is 1. The minimum absolute atomic E-state index is 0.0178. The molecular formula is C25H35BrN4O6S. The molecule has 2 aromatic rings. The number of fused-ring (bicyclic) bond motifs is 3. The molecule has 2 aliphatic heterocycles. The van der Waals surface area contributed by atoms with Gasteiger partial charge < -0.3 is 25.0 Å². The molecule has 0 aliphatic carbocycles. The second-order valence-corrected chi connectivity index (χ2v) is 13.4. The van der Waals surface area contributed by atoms with E-state index in [2.05, 4.69) is 31.5 Å². The van der Waals surface area contributed by atoms with Crippen LogP contribution in [-0.2, 0) is 9.84 Å². The van der Waals surface area contributed by atoms with Gasteiger partial charge in [-0.05, 0) is 57.7 Å². The number of rotatable bonds is 9. The van der Waals surface area contributed by atoms with Crippen molar-refractivity contribution in [3.63, 3.8) is 0 Å². The van der Waals surface area contributed by atoms with Gasteiger partial charge in [0.25, 0.3) is 5.56 Å². The van der Waals surface area contributed by atoms with Gasteiger partial charge in [0, 0.05) is 53.4 Å². The fourth-order valence-corrected chi connectivity index (χ4v) is 6.55. The maximum Gasteiger partial charge on any atom is 0.413 e. The van der Waals surface area contributed by atoms with Gasteiger partial charge >= 0.3 is 6.09 Å². The van der Waals surface area contributed by atoms with E-state index in [1.165, 1.54) is 0 Å². The standard InChI is InChI=1S/C25H35BrN4O6S/c1-15(2)30-22-6-4-5-21(26)20(22)11-23(24(30)32)36-25(33)28-16-9-17-7-8-18(10-16)29(17)13-19(31)12-27-14-37(3,34)35/h4-6,11,15-19,27,31H,7-10,12-14H2,1-3H3,(H,28,33)/t16-,17-,18+,19-/m1/s1. The minimum atomic E-state index is -3.14. The molecule has 37 heavy (non-hydrogen) atoms. The van der Waals surface area contributed by atoms with Crippen molar-refractivity contribution >= 4 is 42.8 Å². The Kier molecular flexibility index (Phi) is 8.64. The maximum atomic E-state index is 13.1. The number of halogens is 1. The number of piperidine rings is 1. The van der Waals surface area contributed by atoms with Gasteiger partial charge in [0.05, 0.1) is 17.5 Å². The summed E-state index contributed by atoms with van der Waals surface area (Å²) in [7, 11) is -3.14. The van der Waals surface area contributed by atoms with E-state index in [-0.39, 0.29) is 47.9 Å². The van der Waals surface area contributed by atoms with Gasteiger partial charge in [0.15, 0.2) is 15.6 Å². The number of benzene rings is 1. The Morgan fingerprint density at radius 1 is 1.24 bits per heavy atom. The van der Waals surface area contributed by atoms with E-state index >= 15 is 0 Å². The van der Waals surface area contributed by atoms with Crippen LogP contribution in [0.1, 0.15) is 45.6 Å². The van der Waals surface area contributed by atoms with Crippen molar-refractivity contribution in [1.29, 1.82) is 0 Å². The van der Waals surface area contributed by atoms with Gasteiger partial charge in [-0.25, -0.2) is 13.2 Å². The summed E-state index contributed by atoms with van der Waals surface area (Å²) in [6, 6.07) is 7.42. The average Bonchev–Trinajstić information content (AvgIpc) is 3.01. The molecule has 0 saturated carbocycles. The summed E-state index contributed by atoms with van der Waals surface area (Å²) in [6.45, 7) is 4.47. The van der Waals surface area contributed by atoms with Gasteiger partial charge in [0.2, 0.25) is 0 Å². The number of sulfone groups is 1. The monoisotopic (exact) mass is 598 g/mol. The molecule has 2 saturated heterocycles. The summed E-state index contributed by atoms with van der Waals surface area (Å²) in [5, 5.41) is 16.9. The molecule has 2 fully saturated rings. The first-order valence-corrected chi connectivity index (χ1v) is 15.4. The minimum Gasteiger partial charge on any atom is -0.404 e. The lowest BCUT2D eigenvalue weighted by molar-refractivity contribution is 0.0530. The number of pyridine rings is 1. The van der Waals surface area contributed by atoms with Gasteiger partial charge in [-0.15, -0.1) is 0 Å². The first-order chi connectivity index (χ1) is 17.4. The molecule has 4 rings (SSSR count). The highest BCUT2D eigenvalue weighted by Crippen LogP contribution is 2.36. The van der Waals surface area contributed by atoms with Crippen molar-refractivity contribution in [3.8, 4) is 5.75 Å². The number of hydrogen-bond donors (Lipinski definition) is 3. The number of aromatic nitrogens is 1. The zero-order chi connectivity index (χ0) is 26.9. The number of hydrogen-bond acceptors (Lipinski definition) is 8. The Bertz CT molecular complexity index is 1300. The van der Waals surface area contributed by atoms with E-state index in [0.29, 0.717) is 19.4 Å². The lowest BCUT2D eigenvalue weighted by atomic mass is 9.97. The van der Waals surface area contributed by atoms with Crippen LogP contribution in [0.3, 0.4) is 0 Å². The molecule has 2 aliphatic rings. The topological polar surface area (TPSA) is 130 Å². The molecule has 10 nitrogen and oxygen atoms in total. The lowest BCUT2D eigenvalue weighted by Gasteiger charge is -2.39. The normalized spacial score (nSPS) is 22.9. The maximum absolute atomic E-state index is 13.1. The van der Waals surface area contributed by atoms with E-state index in [4.69, 9.17) is 4.74 Å². The number of ether oxygens (including phenoxy) is 1. The number of amides is 1. The second-order valence-electron chi connectivity index (χ2n) is 10.4. The van der Waals surface area contributed by atoms with Crippen LogP contribution in [0.4, 0.5) is 4.79 Å². The fourth-order valence-electron chi connectivity index (χ4n) is 5.59. The molecule has 204 valence electrons. The molecule has 4 atom stereocenters. The third-order valence-electron chi connectivity index (χ3n) is 7.09. The van der Waals surface area contributed by atoms with Crippen LogP contribution in [-0.4, -0.2) is 78.5 Å². The number of nitrogens with one attached hydrogen (secondary N) is 2. The van der Waals surface area contributed by atoms with Crippen molar-refractivity contribution in [2.75, 3.05) is 25.2 Å². The first-order valence-electron chi connectivity index (χ1n) is 12.6. The summed E-state index contributed by atoms with van der Waals surface area (Å²) in [6.07, 6.45) is 3.19. The predicted octanol–water partition coefficient (Wildman–Crippen LogP) is 2.38. The zero-order valence-corrected chi connectivity index (χ0v) is 23.7. The summed E-state index contributed by atoms with van der Waals surface area (Å²) < 4.78 is 30.5. The number of nitrogens with zero attached hydrogens (tertiary/aromatic N) is 2. The number of aliphatic hydroxyl groups is 1. The van der Waals surface area contributed by atoms with Crippen LogP contribution in [0, 0.1) is 0 Å². The highest BCUT2D eigenvalue weighted by molar-refractivity contribution is 9.10. The highest BCUT2D eigenvalue weighted by atomic mass is 79.9. The molecule has 0 spiro atoms. The van der Waals surface area contributed by atoms with Crippen LogP contribution in [0.15, 0.2) is 33.5 Å². The second kappa shape index (κ2) is 11.4. The van der Waals surface area contributed by atoms with Crippen molar-refractivity contribution in [2.45, 2.75) is 69.8 Å². The molecule has 0 unspecified atom stereocenters. The summed E-state index contributed by atoms with van der Waals surface area (Å²) in [5.74, 6) is -0.183. The molecule has 2 bridgehead atoms. The molecule has 1 aromatic carbocycles. The average molecular weight is 600 g/mol.